The van der Waals surface area contributed by atoms with Gasteiger partial charge in [0.05, 0.1) is 17.5 Å². The Labute approximate surface area is 142 Å². The van der Waals surface area contributed by atoms with Crippen molar-refractivity contribution in [3.05, 3.63) is 35.4 Å². The number of carboxylic acids is 3. The first-order chi connectivity index (χ1) is 8.40. The van der Waals surface area contributed by atoms with Gasteiger partial charge in [-0.3, -0.25) is 4.79 Å². The van der Waals surface area contributed by atoms with E-state index in [2.05, 4.69) is 0 Å². The van der Waals surface area contributed by atoms with Crippen LogP contribution in [0.15, 0.2) is 24.3 Å². The predicted octanol–water partition coefficient (Wildman–Crippen LogP) is 0.347. The molecule has 1 aromatic rings. The number of hydrogen-bond acceptors (Lipinski definition) is 4. The Hall–Kier alpha value is -1.15. The van der Waals surface area contributed by atoms with E-state index < -0.39 is 17.9 Å². The maximum atomic E-state index is 10.5. The maximum Gasteiger partial charge on any atom is 2.00 e. The number of carboxylic acid groups (broad SMARTS) is 3. The fourth-order valence-corrected chi connectivity index (χ4v) is 0.980. The van der Waals surface area contributed by atoms with Crippen molar-refractivity contribution < 1.29 is 32.6 Å². The van der Waals surface area contributed by atoms with Gasteiger partial charge in [0.1, 0.15) is 0 Å². The Kier molecular flexibility index (Phi) is 11.4. The molecule has 0 spiro atoms. The van der Waals surface area contributed by atoms with Crippen molar-refractivity contribution >= 4 is 55.6 Å². The van der Waals surface area contributed by atoms with Crippen LogP contribution in [0.2, 0.25) is 0 Å². The quantitative estimate of drug-likeness (QED) is 0.588. The molecule has 102 valence electrons. The summed E-state index contributed by atoms with van der Waals surface area (Å²) in [4.78, 5) is 30.4. The molecule has 0 amide bonds. The minimum atomic E-state index is -1.23. The number of carbonyl (C=O) groups is 3. The largest absolute Gasteiger partial charge is 2.00 e. The van der Waals surface area contributed by atoms with Gasteiger partial charge in [0.25, 0.3) is 0 Å². The summed E-state index contributed by atoms with van der Waals surface area (Å²) in [7, 11) is 0. The van der Waals surface area contributed by atoms with Crippen molar-refractivity contribution in [2.24, 2.45) is 5.73 Å². The number of hydrogen-bond donors (Lipinski definition) is 4. The number of aliphatic carboxylic acids is 1. The van der Waals surface area contributed by atoms with E-state index in [1.807, 2.05) is 0 Å². The molecule has 8 heteroatoms. The van der Waals surface area contributed by atoms with Gasteiger partial charge >= 0.3 is 55.6 Å². The monoisotopic (exact) mass is 297 g/mol. The Bertz CT molecular complexity index is 425. The van der Waals surface area contributed by atoms with E-state index in [0.717, 1.165) is 0 Å². The molecular formula is C11H15CaNO6. The van der Waals surface area contributed by atoms with Gasteiger partial charge in [0.15, 0.2) is 0 Å². The van der Waals surface area contributed by atoms with Gasteiger partial charge in [-0.1, -0.05) is 12.1 Å². The zero-order valence-corrected chi connectivity index (χ0v) is 12.3. The van der Waals surface area contributed by atoms with Crippen LogP contribution in [-0.4, -0.2) is 77.5 Å². The van der Waals surface area contributed by atoms with Gasteiger partial charge < -0.3 is 23.9 Å². The van der Waals surface area contributed by atoms with Gasteiger partial charge in [-0.25, -0.2) is 9.59 Å². The summed E-state index contributed by atoms with van der Waals surface area (Å²) in [5.41, 5.74) is 4.47. The molecule has 19 heavy (non-hydrogen) atoms. The van der Waals surface area contributed by atoms with Gasteiger partial charge in [-0.2, -0.15) is 0 Å². The number of aromatic carboxylic acids is 2. The Morgan fingerprint density at radius 1 is 1.00 bits per heavy atom. The molecule has 0 atom stereocenters. The summed E-state index contributed by atoms with van der Waals surface area (Å²) >= 11 is 0. The third-order valence-electron chi connectivity index (χ3n) is 1.75. The average molecular weight is 297 g/mol. The number of benzene rings is 1. The first kappa shape index (κ1) is 20.2. The van der Waals surface area contributed by atoms with Crippen molar-refractivity contribution in [2.45, 2.75) is 6.42 Å². The summed E-state index contributed by atoms with van der Waals surface area (Å²) in [6, 6.07) is 5.48. The summed E-state index contributed by atoms with van der Waals surface area (Å²) in [6.07, 6.45) is 0.0694. The van der Waals surface area contributed by atoms with Crippen LogP contribution in [0.4, 0.5) is 0 Å². The molecule has 7 nitrogen and oxygen atoms in total. The Balaban J connectivity index is -0.000000142. The van der Waals surface area contributed by atoms with E-state index in [9.17, 15) is 14.4 Å². The molecule has 1 rings (SSSR count). The van der Waals surface area contributed by atoms with Crippen molar-refractivity contribution in [2.75, 3.05) is 6.54 Å². The van der Waals surface area contributed by atoms with Crippen molar-refractivity contribution in [1.82, 2.24) is 0 Å². The predicted molar refractivity (Wildman–Crippen MR) is 69.6 cm³/mol. The molecule has 0 unspecified atom stereocenters. The van der Waals surface area contributed by atoms with E-state index >= 15 is 0 Å². The van der Waals surface area contributed by atoms with E-state index in [4.69, 9.17) is 21.1 Å². The first-order valence-corrected chi connectivity index (χ1v) is 4.87. The number of rotatable bonds is 4. The van der Waals surface area contributed by atoms with Gasteiger partial charge in [-0.15, -0.1) is 0 Å². The maximum absolute atomic E-state index is 10.5. The summed E-state index contributed by atoms with van der Waals surface area (Å²) in [5.74, 6) is -3.29. The first-order valence-electron chi connectivity index (χ1n) is 4.87. The summed E-state index contributed by atoms with van der Waals surface area (Å²) in [6.45, 7) is 0.231. The van der Waals surface area contributed by atoms with Crippen molar-refractivity contribution in [3.8, 4) is 0 Å². The van der Waals surface area contributed by atoms with Crippen LogP contribution in [0.1, 0.15) is 30.0 Å². The van der Waals surface area contributed by atoms with E-state index in [0.29, 0.717) is 0 Å². The molecule has 0 aromatic heterocycles. The standard InChI is InChI=1S/C8H6O4.C3H7NO2.Ca.2H/c9-7(10)5-3-1-2-4-6(5)8(11)12;4-2-1-3(5)6;;;/h1-4H,(H,9,10)(H,11,12);1-2,4H2,(H,5,6);;;/q;;+2;2*-1. The molecule has 0 saturated heterocycles. The van der Waals surface area contributed by atoms with Gasteiger partial charge in [0, 0.05) is 6.54 Å². The molecule has 1 aromatic carbocycles. The SMILES string of the molecule is NCCC(=O)O.O=C(O)c1ccccc1C(=O)O.[Ca+2].[H-].[H-]. The Morgan fingerprint density at radius 2 is 1.37 bits per heavy atom. The second-order valence-corrected chi connectivity index (χ2v) is 3.09. The van der Waals surface area contributed by atoms with Crippen LogP contribution in [0, 0.1) is 0 Å². The molecular weight excluding hydrogens is 282 g/mol. The molecule has 0 aliphatic rings. The smallest absolute Gasteiger partial charge is 1.00 e. The van der Waals surface area contributed by atoms with Crippen LogP contribution in [0.3, 0.4) is 0 Å². The number of nitrogens with two attached hydrogens (primary N) is 1. The third-order valence-corrected chi connectivity index (χ3v) is 1.75. The average Bonchev–Trinajstić information content (AvgIpc) is 2.29. The minimum Gasteiger partial charge on any atom is -1.00 e. The van der Waals surface area contributed by atoms with Crippen LogP contribution >= 0.6 is 0 Å². The molecule has 0 heterocycles. The van der Waals surface area contributed by atoms with Crippen molar-refractivity contribution in [1.29, 1.82) is 0 Å². The van der Waals surface area contributed by atoms with Crippen LogP contribution in [-0.2, 0) is 4.79 Å². The molecule has 0 radical (unpaired) electrons. The van der Waals surface area contributed by atoms with Crippen LogP contribution in [0.25, 0.3) is 0 Å². The van der Waals surface area contributed by atoms with E-state index in [1.165, 1.54) is 24.3 Å². The topological polar surface area (TPSA) is 138 Å². The minimum absolute atomic E-state index is 0. The summed E-state index contributed by atoms with van der Waals surface area (Å²) in [5, 5.41) is 24.9. The van der Waals surface area contributed by atoms with E-state index in [1.54, 1.807) is 0 Å². The fourth-order valence-electron chi connectivity index (χ4n) is 0.980. The molecule has 0 aliphatic heterocycles. The van der Waals surface area contributed by atoms with Crippen molar-refractivity contribution in [3.63, 3.8) is 0 Å². The second kappa shape index (κ2) is 10.7. The third kappa shape index (κ3) is 8.55. The Morgan fingerprint density at radius 3 is 1.53 bits per heavy atom. The fraction of sp³-hybridized carbons (Fsp3) is 0.182. The van der Waals surface area contributed by atoms with Crippen LogP contribution < -0.4 is 5.73 Å². The molecule has 0 fully saturated rings. The second-order valence-electron chi connectivity index (χ2n) is 3.09. The normalized spacial score (nSPS) is 8.47. The zero-order valence-electron chi connectivity index (χ0n) is 12.1. The van der Waals surface area contributed by atoms with Gasteiger partial charge in [0.2, 0.25) is 0 Å². The van der Waals surface area contributed by atoms with Crippen LogP contribution in [0.5, 0.6) is 0 Å². The molecule has 0 aliphatic carbocycles. The molecule has 5 N–H and O–H groups in total. The molecule has 0 saturated carbocycles. The van der Waals surface area contributed by atoms with Gasteiger partial charge in [-0.05, 0) is 12.1 Å². The summed E-state index contributed by atoms with van der Waals surface area (Å²) < 4.78 is 0. The molecule has 0 bridgehead atoms. The zero-order chi connectivity index (χ0) is 14.1. The van der Waals surface area contributed by atoms with E-state index in [-0.39, 0.29) is 64.7 Å².